The Morgan fingerprint density at radius 1 is 1.16 bits per heavy atom. The highest BCUT2D eigenvalue weighted by Crippen LogP contribution is 2.19. The average Bonchev–Trinajstić information content (AvgIpc) is 2.85. The van der Waals surface area contributed by atoms with E-state index in [0.29, 0.717) is 6.04 Å². The molecule has 0 fully saturated rings. The van der Waals surface area contributed by atoms with E-state index in [2.05, 4.69) is 55.7 Å². The smallest absolute Gasteiger partial charge is 0.0299 e. The Bertz CT molecular complexity index is 519. The maximum absolute atomic E-state index is 5.70. The molecule has 0 aliphatic heterocycles. The van der Waals surface area contributed by atoms with Crippen molar-refractivity contribution in [3.8, 4) is 0 Å². The number of thiophene rings is 1. The second-order valence-electron chi connectivity index (χ2n) is 4.98. The number of benzene rings is 1. The molecule has 1 heterocycles. The zero-order valence-corrected chi connectivity index (χ0v) is 12.5. The molecular weight excluding hydrogens is 252 g/mol. The predicted molar refractivity (Wildman–Crippen MR) is 83.4 cm³/mol. The second kappa shape index (κ2) is 6.85. The van der Waals surface area contributed by atoms with Crippen LogP contribution in [0.2, 0.25) is 0 Å². The molecule has 0 bridgehead atoms. The van der Waals surface area contributed by atoms with Gasteiger partial charge in [-0.1, -0.05) is 36.8 Å². The van der Waals surface area contributed by atoms with Crippen LogP contribution in [-0.4, -0.2) is 6.04 Å². The van der Waals surface area contributed by atoms with E-state index >= 15 is 0 Å². The minimum absolute atomic E-state index is 0.296. The zero-order chi connectivity index (χ0) is 13.7. The molecule has 1 unspecified atom stereocenters. The van der Waals surface area contributed by atoms with E-state index in [-0.39, 0.29) is 0 Å². The number of nitrogens with one attached hydrogen (secondary N) is 1. The minimum Gasteiger partial charge on any atom is -0.271 e. The van der Waals surface area contributed by atoms with Gasteiger partial charge in [-0.05, 0) is 43.9 Å². The van der Waals surface area contributed by atoms with Crippen molar-refractivity contribution in [3.63, 3.8) is 0 Å². The third-order valence-electron chi connectivity index (χ3n) is 3.31. The van der Waals surface area contributed by atoms with Crippen LogP contribution in [0.15, 0.2) is 36.4 Å². The van der Waals surface area contributed by atoms with Gasteiger partial charge in [-0.3, -0.25) is 11.3 Å². The first-order chi connectivity index (χ1) is 9.21. The lowest BCUT2D eigenvalue weighted by atomic mass is 10.0. The summed E-state index contributed by atoms with van der Waals surface area (Å²) in [5.41, 5.74) is 5.60. The molecule has 1 atom stereocenters. The zero-order valence-electron chi connectivity index (χ0n) is 11.6. The molecule has 2 rings (SSSR count). The average molecular weight is 274 g/mol. The Morgan fingerprint density at radius 3 is 2.58 bits per heavy atom. The third kappa shape index (κ3) is 4.16. The molecular formula is C16H22N2S. The lowest BCUT2D eigenvalue weighted by Gasteiger charge is -2.15. The van der Waals surface area contributed by atoms with Crippen LogP contribution in [0, 0.1) is 6.92 Å². The Labute approximate surface area is 119 Å². The monoisotopic (exact) mass is 274 g/mol. The van der Waals surface area contributed by atoms with Gasteiger partial charge >= 0.3 is 0 Å². The number of nitrogens with two attached hydrogens (primary N) is 1. The summed E-state index contributed by atoms with van der Waals surface area (Å²) in [6.07, 6.45) is 3.08. The van der Waals surface area contributed by atoms with Gasteiger partial charge in [0.25, 0.3) is 0 Å². The lowest BCUT2D eigenvalue weighted by Crippen LogP contribution is -2.38. The Kier molecular flexibility index (Phi) is 5.14. The summed E-state index contributed by atoms with van der Waals surface area (Å²) in [7, 11) is 0. The maximum atomic E-state index is 5.70. The molecule has 0 aliphatic rings. The summed E-state index contributed by atoms with van der Waals surface area (Å²) in [5.74, 6) is 5.70. The van der Waals surface area contributed by atoms with Crippen LogP contribution in [0.5, 0.6) is 0 Å². The summed E-state index contributed by atoms with van der Waals surface area (Å²) in [6, 6.07) is 13.4. The quantitative estimate of drug-likeness (QED) is 0.627. The number of aryl methyl sites for hydroxylation is 2. The summed E-state index contributed by atoms with van der Waals surface area (Å²) in [6.45, 7) is 4.32. The normalized spacial score (nSPS) is 12.6. The van der Waals surface area contributed by atoms with Gasteiger partial charge in [-0.2, -0.15) is 0 Å². The number of rotatable bonds is 6. The predicted octanol–water partition coefficient (Wildman–Crippen LogP) is 3.24. The van der Waals surface area contributed by atoms with Gasteiger partial charge in [0.1, 0.15) is 0 Å². The molecule has 1 aromatic heterocycles. The van der Waals surface area contributed by atoms with Gasteiger partial charge in [0.05, 0.1) is 0 Å². The Morgan fingerprint density at radius 2 is 1.95 bits per heavy atom. The first-order valence-electron chi connectivity index (χ1n) is 6.80. The van der Waals surface area contributed by atoms with Crippen LogP contribution in [0.3, 0.4) is 0 Å². The third-order valence-corrected chi connectivity index (χ3v) is 4.57. The van der Waals surface area contributed by atoms with E-state index in [4.69, 9.17) is 5.84 Å². The topological polar surface area (TPSA) is 38.0 Å². The molecule has 102 valence electrons. The van der Waals surface area contributed by atoms with Crippen LogP contribution in [-0.2, 0) is 19.3 Å². The summed E-state index contributed by atoms with van der Waals surface area (Å²) < 4.78 is 0. The van der Waals surface area contributed by atoms with Crippen LogP contribution < -0.4 is 11.3 Å². The largest absolute Gasteiger partial charge is 0.271 e. The highest BCUT2D eigenvalue weighted by molar-refractivity contribution is 7.11. The number of hydrogen-bond acceptors (Lipinski definition) is 3. The Balaban J connectivity index is 2.00. The first kappa shape index (κ1) is 14.3. The van der Waals surface area contributed by atoms with Crippen molar-refractivity contribution >= 4 is 11.3 Å². The van der Waals surface area contributed by atoms with Crippen molar-refractivity contribution in [2.75, 3.05) is 0 Å². The van der Waals surface area contributed by atoms with E-state index in [1.165, 1.54) is 20.9 Å². The fourth-order valence-corrected chi connectivity index (χ4v) is 3.32. The highest BCUT2D eigenvalue weighted by atomic mass is 32.1. The summed E-state index contributed by atoms with van der Waals surface area (Å²) >= 11 is 1.89. The maximum Gasteiger partial charge on any atom is 0.0299 e. The van der Waals surface area contributed by atoms with Gasteiger partial charge in [0.15, 0.2) is 0 Å². The highest BCUT2D eigenvalue weighted by Gasteiger charge is 2.10. The van der Waals surface area contributed by atoms with E-state index in [0.717, 1.165) is 19.3 Å². The van der Waals surface area contributed by atoms with E-state index in [1.54, 1.807) is 0 Å². The van der Waals surface area contributed by atoms with E-state index in [9.17, 15) is 0 Å². The molecule has 0 saturated carbocycles. The summed E-state index contributed by atoms with van der Waals surface area (Å²) in [5, 5.41) is 0. The molecule has 0 spiro atoms. The second-order valence-corrected chi connectivity index (χ2v) is 6.24. The minimum atomic E-state index is 0.296. The van der Waals surface area contributed by atoms with Gasteiger partial charge in [0, 0.05) is 15.8 Å². The van der Waals surface area contributed by atoms with Crippen molar-refractivity contribution in [2.45, 2.75) is 39.2 Å². The van der Waals surface area contributed by atoms with Gasteiger partial charge in [-0.15, -0.1) is 11.3 Å². The van der Waals surface area contributed by atoms with E-state index < -0.39 is 0 Å². The fourth-order valence-electron chi connectivity index (χ4n) is 2.28. The first-order valence-corrected chi connectivity index (χ1v) is 7.62. The SMILES string of the molecule is CCc1ccc(CC(Cc2cccc(C)c2)NN)s1. The molecule has 0 amide bonds. The van der Waals surface area contributed by atoms with Crippen molar-refractivity contribution < 1.29 is 0 Å². The molecule has 2 aromatic rings. The molecule has 19 heavy (non-hydrogen) atoms. The van der Waals surface area contributed by atoms with Crippen LogP contribution in [0.25, 0.3) is 0 Å². The van der Waals surface area contributed by atoms with Crippen molar-refractivity contribution in [3.05, 3.63) is 57.3 Å². The molecule has 0 saturated heterocycles. The standard InChI is InChI=1S/C16H22N2S/c1-3-15-7-8-16(19-15)11-14(18-17)10-13-6-4-5-12(2)9-13/h4-9,14,18H,3,10-11,17H2,1-2H3. The molecule has 3 heteroatoms. The summed E-state index contributed by atoms with van der Waals surface area (Å²) in [4.78, 5) is 2.86. The van der Waals surface area contributed by atoms with E-state index in [1.807, 2.05) is 11.3 Å². The Hall–Kier alpha value is -1.16. The van der Waals surface area contributed by atoms with Crippen molar-refractivity contribution in [1.29, 1.82) is 0 Å². The molecule has 0 radical (unpaired) electrons. The van der Waals surface area contributed by atoms with Gasteiger partial charge < -0.3 is 0 Å². The van der Waals surface area contributed by atoms with Crippen molar-refractivity contribution in [2.24, 2.45) is 5.84 Å². The molecule has 0 aliphatic carbocycles. The number of hydrazine groups is 1. The number of hydrogen-bond donors (Lipinski definition) is 2. The van der Waals surface area contributed by atoms with Crippen LogP contribution in [0.4, 0.5) is 0 Å². The lowest BCUT2D eigenvalue weighted by molar-refractivity contribution is 0.525. The fraction of sp³-hybridized carbons (Fsp3) is 0.375. The van der Waals surface area contributed by atoms with Gasteiger partial charge in [-0.25, -0.2) is 0 Å². The van der Waals surface area contributed by atoms with Gasteiger partial charge in [0.2, 0.25) is 0 Å². The van der Waals surface area contributed by atoms with Crippen molar-refractivity contribution in [1.82, 2.24) is 5.43 Å². The molecule has 2 nitrogen and oxygen atoms in total. The van der Waals surface area contributed by atoms with Crippen LogP contribution in [0.1, 0.15) is 27.8 Å². The molecule has 1 aromatic carbocycles. The molecule has 3 N–H and O–H groups in total. The van der Waals surface area contributed by atoms with Crippen LogP contribution >= 0.6 is 11.3 Å².